The van der Waals surface area contributed by atoms with Gasteiger partial charge in [-0.15, -0.1) is 0 Å². The van der Waals surface area contributed by atoms with Crippen molar-refractivity contribution in [2.45, 2.75) is 105 Å². The first-order valence-corrected chi connectivity index (χ1v) is 12.4. The Labute approximate surface area is 206 Å². The van der Waals surface area contributed by atoms with Crippen LogP contribution in [0, 0.1) is 29.1 Å². The van der Waals surface area contributed by atoms with Gasteiger partial charge >= 0.3 is 5.97 Å². The van der Waals surface area contributed by atoms with E-state index < -0.39 is 41.2 Å². The smallest absolute Gasteiger partial charge is 0.308 e. The van der Waals surface area contributed by atoms with E-state index in [4.69, 9.17) is 9.47 Å². The van der Waals surface area contributed by atoms with Gasteiger partial charge in [-0.3, -0.25) is 9.59 Å². The maximum absolute atomic E-state index is 13.5. The van der Waals surface area contributed by atoms with E-state index >= 15 is 0 Å². The Bertz CT molecular complexity index is 726. The number of esters is 1. The number of aliphatic hydroxyl groups is 2. The number of aliphatic hydroxyl groups excluding tert-OH is 2. The molecule has 0 bridgehead atoms. The molecule has 0 aliphatic carbocycles. The van der Waals surface area contributed by atoms with Crippen LogP contribution in [0.5, 0.6) is 0 Å². The maximum atomic E-state index is 13.5. The molecular weight excluding hydrogens is 436 g/mol. The minimum Gasteiger partial charge on any atom is -0.469 e. The lowest BCUT2D eigenvalue weighted by molar-refractivity contribution is -0.149. The first-order chi connectivity index (χ1) is 15.5. The molecule has 0 radical (unpaired) electrons. The Morgan fingerprint density at radius 3 is 2.15 bits per heavy atom. The summed E-state index contributed by atoms with van der Waals surface area (Å²) in [5, 5.41) is 21.6. The van der Waals surface area contributed by atoms with Gasteiger partial charge in [-0.25, -0.2) is 0 Å². The van der Waals surface area contributed by atoms with Crippen LogP contribution in [0.25, 0.3) is 0 Å². The molecule has 2 N–H and O–H groups in total. The Morgan fingerprint density at radius 2 is 1.68 bits per heavy atom. The summed E-state index contributed by atoms with van der Waals surface area (Å²) < 4.78 is 16.3. The summed E-state index contributed by atoms with van der Waals surface area (Å²) in [5.41, 5.74) is -0.312. The van der Waals surface area contributed by atoms with E-state index in [0.717, 1.165) is 0 Å². The van der Waals surface area contributed by atoms with Gasteiger partial charge in [0, 0.05) is 24.9 Å². The predicted molar refractivity (Wildman–Crippen MR) is 132 cm³/mol. The van der Waals surface area contributed by atoms with Crippen molar-refractivity contribution in [3.63, 3.8) is 0 Å². The van der Waals surface area contributed by atoms with E-state index in [1.165, 1.54) is 19.8 Å². The molecule has 0 spiro atoms. The zero-order chi connectivity index (χ0) is 26.6. The average molecular weight is 485 g/mol. The molecule has 0 amide bonds. The van der Waals surface area contributed by atoms with Crippen molar-refractivity contribution < 1.29 is 34.0 Å². The number of allylic oxidation sites excluding steroid dienone is 1. The van der Waals surface area contributed by atoms with Crippen molar-refractivity contribution >= 4 is 11.8 Å². The summed E-state index contributed by atoms with van der Waals surface area (Å²) in [5.74, 6) is -1.26. The number of hydrogen-bond acceptors (Lipinski definition) is 7. The number of epoxide rings is 1. The number of methoxy groups -OCH3 is 2. The molecule has 7 nitrogen and oxygen atoms in total. The van der Waals surface area contributed by atoms with E-state index in [-0.39, 0.29) is 36.1 Å². The molecule has 0 unspecified atom stereocenters. The summed E-state index contributed by atoms with van der Waals surface area (Å²) in [6.07, 6.45) is 0.170. The van der Waals surface area contributed by atoms with Crippen LogP contribution in [0.3, 0.4) is 0 Å². The molecule has 1 rings (SSSR count). The second-order valence-corrected chi connectivity index (χ2v) is 11.3. The van der Waals surface area contributed by atoms with Gasteiger partial charge in [0.15, 0.2) is 0 Å². The van der Waals surface area contributed by atoms with Crippen LogP contribution in [-0.4, -0.2) is 66.2 Å². The fourth-order valence-corrected chi connectivity index (χ4v) is 5.66. The summed E-state index contributed by atoms with van der Waals surface area (Å²) in [4.78, 5) is 25.1. The zero-order valence-electron chi connectivity index (χ0n) is 23.0. The lowest BCUT2D eigenvalue weighted by Crippen LogP contribution is -2.48. The van der Waals surface area contributed by atoms with E-state index in [0.29, 0.717) is 6.42 Å². The standard InChI is InChI=1S/C27H48O7/c1-15(2)12-18(5)24-27(9,34-24)23(31)17(4)13-16(3)22(30)26(7,8)25(33-11)19(6)20(28)14-21(29)32-10/h12,16-20,23-25,28,31H,13-14H2,1-11H3/t16-,17-,18-,19+,20-,23-,24+,25-,27+/m0/s1. The van der Waals surface area contributed by atoms with Crippen molar-refractivity contribution in [1.29, 1.82) is 0 Å². The molecule has 9 atom stereocenters. The minimum absolute atomic E-state index is 0.00755. The number of carbonyl (C=O) groups is 2. The normalized spacial score (nSPS) is 26.4. The lowest BCUT2D eigenvalue weighted by atomic mass is 9.70. The van der Waals surface area contributed by atoms with Crippen LogP contribution in [0.4, 0.5) is 0 Å². The van der Waals surface area contributed by atoms with Gasteiger partial charge in [0.1, 0.15) is 11.4 Å². The van der Waals surface area contributed by atoms with Crippen LogP contribution in [0.1, 0.15) is 75.2 Å². The number of carbonyl (C=O) groups excluding carboxylic acids is 2. The summed E-state index contributed by atoms with van der Waals surface area (Å²) in [6.45, 7) is 17.3. The van der Waals surface area contributed by atoms with Gasteiger partial charge in [-0.2, -0.15) is 0 Å². The Balaban J connectivity index is 2.86. The van der Waals surface area contributed by atoms with Crippen LogP contribution < -0.4 is 0 Å². The lowest BCUT2D eigenvalue weighted by Gasteiger charge is -2.39. The molecule has 7 heteroatoms. The van der Waals surface area contributed by atoms with Crippen molar-refractivity contribution in [2.24, 2.45) is 29.1 Å². The van der Waals surface area contributed by atoms with Gasteiger partial charge in [-0.1, -0.05) is 53.2 Å². The third-order valence-corrected chi connectivity index (χ3v) is 7.55. The monoisotopic (exact) mass is 484 g/mol. The van der Waals surface area contributed by atoms with Crippen LogP contribution >= 0.6 is 0 Å². The number of Topliss-reactive ketones (excluding diaryl/α,β-unsaturated/α-hetero) is 1. The third kappa shape index (κ3) is 7.12. The van der Waals surface area contributed by atoms with Gasteiger partial charge in [0.2, 0.25) is 0 Å². The second-order valence-electron chi connectivity index (χ2n) is 11.3. The zero-order valence-corrected chi connectivity index (χ0v) is 23.0. The molecule has 0 aromatic carbocycles. The fourth-order valence-electron chi connectivity index (χ4n) is 5.66. The Morgan fingerprint density at radius 1 is 1.12 bits per heavy atom. The molecule has 1 aliphatic heterocycles. The van der Waals surface area contributed by atoms with Crippen molar-refractivity contribution in [1.82, 2.24) is 0 Å². The highest BCUT2D eigenvalue weighted by atomic mass is 16.6. The van der Waals surface area contributed by atoms with E-state index in [2.05, 4.69) is 17.7 Å². The highest BCUT2D eigenvalue weighted by molar-refractivity contribution is 5.86. The summed E-state index contributed by atoms with van der Waals surface area (Å²) >= 11 is 0. The fraction of sp³-hybridized carbons (Fsp3) is 0.852. The van der Waals surface area contributed by atoms with E-state index in [1.807, 2.05) is 48.5 Å². The van der Waals surface area contributed by atoms with E-state index in [1.54, 1.807) is 6.92 Å². The SMILES string of the molecule is COC(=O)C[C@H](O)[C@@H](C)[C@H](OC)C(C)(C)C(=O)[C@@H](C)C[C@H](C)[C@H](O)[C@@]1(C)O[C@@H]1[C@@H](C)C=C(C)C. The van der Waals surface area contributed by atoms with Crippen LogP contribution in [-0.2, 0) is 23.8 Å². The Kier molecular flexibility index (Phi) is 11.0. The first kappa shape index (κ1) is 30.8. The first-order valence-electron chi connectivity index (χ1n) is 12.4. The number of rotatable bonds is 14. The maximum Gasteiger partial charge on any atom is 0.308 e. The van der Waals surface area contributed by atoms with Gasteiger partial charge < -0.3 is 24.4 Å². The number of ketones is 1. The molecule has 1 aliphatic rings. The molecule has 1 heterocycles. The largest absolute Gasteiger partial charge is 0.469 e. The minimum atomic E-state index is -0.993. The van der Waals surface area contributed by atoms with Crippen molar-refractivity contribution in [3.05, 3.63) is 11.6 Å². The van der Waals surface area contributed by atoms with Gasteiger partial charge in [0.05, 0.1) is 43.4 Å². The molecule has 198 valence electrons. The molecule has 1 fully saturated rings. The Hall–Kier alpha value is -1.28. The average Bonchev–Trinajstić information content (AvgIpc) is 3.44. The van der Waals surface area contributed by atoms with Gasteiger partial charge in [-0.05, 0) is 33.1 Å². The third-order valence-electron chi connectivity index (χ3n) is 7.55. The quantitative estimate of drug-likeness (QED) is 0.218. The van der Waals surface area contributed by atoms with Gasteiger partial charge in [0.25, 0.3) is 0 Å². The van der Waals surface area contributed by atoms with Crippen molar-refractivity contribution in [3.8, 4) is 0 Å². The second kappa shape index (κ2) is 12.1. The summed E-state index contributed by atoms with van der Waals surface area (Å²) in [6, 6.07) is 0. The highest BCUT2D eigenvalue weighted by Crippen LogP contribution is 2.47. The number of ether oxygens (including phenoxy) is 3. The summed E-state index contributed by atoms with van der Waals surface area (Å²) in [7, 11) is 2.78. The predicted octanol–water partition coefficient (Wildman–Crippen LogP) is 3.94. The highest BCUT2D eigenvalue weighted by Gasteiger charge is 2.60. The molecule has 0 aromatic heterocycles. The van der Waals surface area contributed by atoms with Crippen LogP contribution in [0.2, 0.25) is 0 Å². The van der Waals surface area contributed by atoms with Crippen molar-refractivity contribution in [2.75, 3.05) is 14.2 Å². The molecule has 0 saturated carbocycles. The molecule has 0 aromatic rings. The number of hydrogen-bond donors (Lipinski definition) is 2. The topological polar surface area (TPSA) is 106 Å². The molecular formula is C27H48O7. The van der Waals surface area contributed by atoms with E-state index in [9.17, 15) is 19.8 Å². The van der Waals surface area contributed by atoms with Crippen LogP contribution in [0.15, 0.2) is 11.6 Å². The molecule has 34 heavy (non-hydrogen) atoms. The molecule has 1 saturated heterocycles.